The number of hydrogen-bond acceptors (Lipinski definition) is 4. The summed E-state index contributed by atoms with van der Waals surface area (Å²) < 4.78 is 33.1. The quantitative estimate of drug-likeness (QED) is 0.666. The van der Waals surface area contributed by atoms with Crippen molar-refractivity contribution in [2.75, 3.05) is 30.5 Å². The van der Waals surface area contributed by atoms with Gasteiger partial charge in [-0.2, -0.15) is 0 Å². The van der Waals surface area contributed by atoms with Crippen molar-refractivity contribution in [2.45, 2.75) is 44.4 Å². The summed E-state index contributed by atoms with van der Waals surface area (Å²) in [5, 5.41) is 0. The molecular weight excluding hydrogens is 400 g/mol. The molecule has 0 saturated carbocycles. The highest BCUT2D eigenvalue weighted by atomic mass is 32.2. The van der Waals surface area contributed by atoms with Crippen LogP contribution in [0.25, 0.3) is 0 Å². The van der Waals surface area contributed by atoms with E-state index in [9.17, 15) is 13.2 Å². The molecule has 3 rings (SSSR count). The van der Waals surface area contributed by atoms with Crippen LogP contribution in [0.2, 0.25) is 0 Å². The van der Waals surface area contributed by atoms with Crippen LogP contribution < -0.4 is 9.04 Å². The van der Waals surface area contributed by atoms with E-state index >= 15 is 0 Å². The van der Waals surface area contributed by atoms with Crippen molar-refractivity contribution in [3.8, 4) is 5.75 Å². The van der Waals surface area contributed by atoms with Crippen molar-refractivity contribution in [2.24, 2.45) is 0 Å². The van der Waals surface area contributed by atoms with Crippen LogP contribution in [0.15, 0.2) is 53.4 Å². The number of sulfonamides is 1. The predicted molar refractivity (Wildman–Crippen MR) is 118 cm³/mol. The topological polar surface area (TPSA) is 66.9 Å². The second-order valence-electron chi connectivity index (χ2n) is 7.56. The third-order valence-corrected chi connectivity index (χ3v) is 7.26. The Labute approximate surface area is 179 Å². The van der Waals surface area contributed by atoms with E-state index in [1.165, 1.54) is 17.1 Å². The fraction of sp³-hybridized carbons (Fsp3) is 0.435. The van der Waals surface area contributed by atoms with Crippen molar-refractivity contribution in [3.05, 3.63) is 54.1 Å². The lowest BCUT2D eigenvalue weighted by Crippen LogP contribution is -2.35. The highest BCUT2D eigenvalue weighted by Crippen LogP contribution is 2.26. The number of benzene rings is 2. The van der Waals surface area contributed by atoms with Gasteiger partial charge in [0.05, 0.1) is 10.6 Å². The van der Waals surface area contributed by atoms with Crippen LogP contribution in [0.5, 0.6) is 5.75 Å². The number of carbonyl (C=O) groups excluding carboxylic acids is 1. The lowest BCUT2D eigenvalue weighted by molar-refractivity contribution is -0.133. The van der Waals surface area contributed by atoms with Gasteiger partial charge in [-0.1, -0.05) is 30.5 Å². The molecule has 1 saturated heterocycles. The van der Waals surface area contributed by atoms with Crippen molar-refractivity contribution in [1.82, 2.24) is 4.90 Å². The van der Waals surface area contributed by atoms with Gasteiger partial charge >= 0.3 is 0 Å². The van der Waals surface area contributed by atoms with Gasteiger partial charge in [0.2, 0.25) is 0 Å². The normalized spacial score (nSPS) is 14.8. The highest BCUT2D eigenvalue weighted by molar-refractivity contribution is 7.92. The van der Waals surface area contributed by atoms with Gasteiger partial charge in [0.1, 0.15) is 5.75 Å². The summed E-state index contributed by atoms with van der Waals surface area (Å²) in [6.07, 6.45) is 4.43. The molecule has 1 heterocycles. The molecule has 1 fully saturated rings. The van der Waals surface area contributed by atoms with E-state index in [1.807, 2.05) is 11.8 Å². The fourth-order valence-electron chi connectivity index (χ4n) is 3.59. The van der Waals surface area contributed by atoms with E-state index in [0.717, 1.165) is 31.5 Å². The Kier molecular flexibility index (Phi) is 7.37. The average Bonchev–Trinajstić information content (AvgIpc) is 3.03. The molecule has 6 nitrogen and oxygen atoms in total. The molecule has 162 valence electrons. The monoisotopic (exact) mass is 430 g/mol. The van der Waals surface area contributed by atoms with Crippen molar-refractivity contribution < 1.29 is 17.9 Å². The number of carbonyl (C=O) groups is 1. The molecule has 0 aromatic heterocycles. The molecule has 7 heteroatoms. The van der Waals surface area contributed by atoms with Gasteiger partial charge in [-0.05, 0) is 63.1 Å². The second-order valence-corrected chi connectivity index (χ2v) is 9.42. The molecule has 30 heavy (non-hydrogen) atoms. The lowest BCUT2D eigenvalue weighted by Gasteiger charge is -2.23. The Morgan fingerprint density at radius 3 is 2.13 bits per heavy atom. The average molecular weight is 431 g/mol. The number of hydrogen-bond donors (Lipinski definition) is 0. The van der Waals surface area contributed by atoms with Crippen LogP contribution in [0.1, 0.15) is 38.2 Å². The van der Waals surface area contributed by atoms with E-state index in [4.69, 9.17) is 4.74 Å². The number of ether oxygens (including phenoxy) is 1. The Morgan fingerprint density at radius 2 is 1.57 bits per heavy atom. The fourth-order valence-corrected chi connectivity index (χ4v) is 5.07. The number of likely N-dealkylation sites (tertiary alicyclic amines) is 1. The van der Waals surface area contributed by atoms with Crippen LogP contribution in [0.3, 0.4) is 0 Å². The minimum Gasteiger partial charge on any atom is -0.484 e. The van der Waals surface area contributed by atoms with Gasteiger partial charge in [0, 0.05) is 19.6 Å². The van der Waals surface area contributed by atoms with E-state index in [-0.39, 0.29) is 17.4 Å². The summed E-state index contributed by atoms with van der Waals surface area (Å²) in [5.74, 6) is 0.545. The number of nitrogens with zero attached hydrogens (tertiary/aromatic N) is 2. The van der Waals surface area contributed by atoms with Crippen LogP contribution in [0.4, 0.5) is 5.69 Å². The summed E-state index contributed by atoms with van der Waals surface area (Å²) in [6.45, 7) is 5.62. The van der Waals surface area contributed by atoms with Gasteiger partial charge < -0.3 is 9.64 Å². The number of aryl methyl sites for hydroxylation is 1. The molecule has 2 aromatic rings. The van der Waals surface area contributed by atoms with Gasteiger partial charge in [0.15, 0.2) is 6.61 Å². The Bertz CT molecular complexity index is 932. The molecule has 0 unspecified atom stereocenters. The first-order valence-corrected chi connectivity index (χ1v) is 12.0. The maximum absolute atomic E-state index is 13.0. The summed E-state index contributed by atoms with van der Waals surface area (Å²) in [4.78, 5) is 14.5. The first-order chi connectivity index (χ1) is 14.4. The van der Waals surface area contributed by atoms with E-state index in [0.29, 0.717) is 18.0 Å². The Morgan fingerprint density at radius 1 is 0.967 bits per heavy atom. The van der Waals surface area contributed by atoms with E-state index in [1.54, 1.807) is 55.5 Å². The number of rotatable bonds is 7. The van der Waals surface area contributed by atoms with Crippen molar-refractivity contribution >= 4 is 21.6 Å². The molecule has 0 atom stereocenters. The molecule has 0 bridgehead atoms. The maximum atomic E-state index is 13.0. The van der Waals surface area contributed by atoms with Crippen LogP contribution in [-0.4, -0.2) is 45.5 Å². The van der Waals surface area contributed by atoms with E-state index < -0.39 is 10.0 Å². The van der Waals surface area contributed by atoms with E-state index in [2.05, 4.69) is 0 Å². The van der Waals surface area contributed by atoms with Crippen LogP contribution in [0, 0.1) is 6.92 Å². The molecule has 0 spiro atoms. The second kappa shape index (κ2) is 9.98. The summed E-state index contributed by atoms with van der Waals surface area (Å²) in [5.41, 5.74) is 1.57. The number of amides is 1. The van der Waals surface area contributed by atoms with Gasteiger partial charge in [-0.25, -0.2) is 8.42 Å². The van der Waals surface area contributed by atoms with Gasteiger partial charge in [-0.15, -0.1) is 0 Å². The molecule has 0 aliphatic carbocycles. The summed E-state index contributed by atoms with van der Waals surface area (Å²) in [6, 6.07) is 13.7. The molecule has 0 radical (unpaired) electrons. The molecule has 1 aliphatic heterocycles. The molecule has 1 amide bonds. The minimum atomic E-state index is -3.65. The maximum Gasteiger partial charge on any atom is 0.264 e. The standard InChI is InChI=1S/C23H30N2O4S/c1-3-25(30(27,28)22-14-8-19(2)9-15-22)20-10-12-21(13-11-20)29-18-23(26)24-16-6-4-5-7-17-24/h8-15H,3-7,16-18H2,1-2H3. The minimum absolute atomic E-state index is 0.00148. The smallest absolute Gasteiger partial charge is 0.264 e. The highest BCUT2D eigenvalue weighted by Gasteiger charge is 2.23. The zero-order valence-corrected chi connectivity index (χ0v) is 18.5. The molecular formula is C23H30N2O4S. The first-order valence-electron chi connectivity index (χ1n) is 10.5. The van der Waals surface area contributed by atoms with Crippen molar-refractivity contribution in [1.29, 1.82) is 0 Å². The summed E-state index contributed by atoms with van der Waals surface area (Å²) in [7, 11) is -3.65. The largest absolute Gasteiger partial charge is 0.484 e. The Balaban J connectivity index is 1.66. The first kappa shape index (κ1) is 22.2. The van der Waals surface area contributed by atoms with Crippen molar-refractivity contribution in [3.63, 3.8) is 0 Å². The zero-order chi connectivity index (χ0) is 21.6. The predicted octanol–water partition coefficient (Wildman–Crippen LogP) is 3.99. The van der Waals surface area contributed by atoms with Gasteiger partial charge in [0.25, 0.3) is 15.9 Å². The zero-order valence-electron chi connectivity index (χ0n) is 17.7. The van der Waals surface area contributed by atoms with Crippen LogP contribution >= 0.6 is 0 Å². The Hall–Kier alpha value is -2.54. The number of anilines is 1. The molecule has 0 N–H and O–H groups in total. The summed E-state index contributed by atoms with van der Waals surface area (Å²) >= 11 is 0. The third-order valence-electron chi connectivity index (χ3n) is 5.34. The van der Waals surface area contributed by atoms with Crippen LogP contribution in [-0.2, 0) is 14.8 Å². The third kappa shape index (κ3) is 5.33. The van der Waals surface area contributed by atoms with Gasteiger partial charge in [-0.3, -0.25) is 9.10 Å². The SMILES string of the molecule is CCN(c1ccc(OCC(=O)N2CCCCCC2)cc1)S(=O)(=O)c1ccc(C)cc1. The molecule has 2 aromatic carbocycles. The lowest BCUT2D eigenvalue weighted by atomic mass is 10.2. The molecule has 1 aliphatic rings.